The lowest BCUT2D eigenvalue weighted by atomic mass is 10.1. The van der Waals surface area contributed by atoms with Crippen LogP contribution < -0.4 is 16.4 Å². The van der Waals surface area contributed by atoms with Gasteiger partial charge in [0.05, 0.1) is 28.7 Å². The Bertz CT molecular complexity index is 737. The van der Waals surface area contributed by atoms with E-state index in [1.807, 2.05) is 0 Å². The fourth-order valence-corrected chi connectivity index (χ4v) is 2.26. The lowest BCUT2D eigenvalue weighted by Gasteiger charge is -2.12. The van der Waals surface area contributed by atoms with Crippen LogP contribution in [0.25, 0.3) is 0 Å². The number of rotatable bonds is 3. The number of hydrogen-bond donors (Lipinski definition) is 3. The number of benzene rings is 2. The van der Waals surface area contributed by atoms with E-state index in [2.05, 4.69) is 32.6 Å². The number of nitriles is 1. The molecule has 0 radical (unpaired) electrons. The van der Waals surface area contributed by atoms with Crippen LogP contribution in [0.2, 0.25) is 0 Å². The van der Waals surface area contributed by atoms with Gasteiger partial charge in [-0.15, -0.1) is 0 Å². The summed E-state index contributed by atoms with van der Waals surface area (Å²) in [6.45, 7) is 0. The molecule has 21 heavy (non-hydrogen) atoms. The van der Waals surface area contributed by atoms with E-state index in [1.165, 1.54) is 0 Å². The highest BCUT2D eigenvalue weighted by atomic mass is 79.9. The minimum absolute atomic E-state index is 0.183. The van der Waals surface area contributed by atoms with Crippen molar-refractivity contribution in [1.82, 2.24) is 5.32 Å². The second-order valence-corrected chi connectivity index (χ2v) is 5.17. The second kappa shape index (κ2) is 6.29. The maximum absolute atomic E-state index is 11.7. The SMILES string of the molecule is CNC(=O)c1ccc(N)c(Nc2ccc(C#N)cc2Br)c1. The molecule has 0 bridgehead atoms. The molecule has 0 spiro atoms. The Labute approximate surface area is 130 Å². The number of nitrogen functional groups attached to an aromatic ring is 1. The number of carbonyl (C=O) groups excluding carboxylic acids is 1. The van der Waals surface area contributed by atoms with Gasteiger partial charge in [0.1, 0.15) is 0 Å². The number of nitrogens with one attached hydrogen (secondary N) is 2. The van der Waals surface area contributed by atoms with Crippen LogP contribution in [0.3, 0.4) is 0 Å². The molecule has 0 unspecified atom stereocenters. The Hall–Kier alpha value is -2.52. The van der Waals surface area contributed by atoms with Crippen LogP contribution in [0, 0.1) is 11.3 Å². The number of halogens is 1. The smallest absolute Gasteiger partial charge is 0.251 e. The zero-order valence-electron chi connectivity index (χ0n) is 11.3. The van der Waals surface area contributed by atoms with Crippen molar-refractivity contribution < 1.29 is 4.79 Å². The first-order valence-electron chi connectivity index (χ1n) is 6.13. The number of nitrogens with zero attached hydrogens (tertiary/aromatic N) is 1. The molecule has 6 heteroatoms. The third-order valence-corrected chi connectivity index (χ3v) is 3.57. The molecule has 2 aromatic rings. The average Bonchev–Trinajstić information content (AvgIpc) is 2.50. The quantitative estimate of drug-likeness (QED) is 0.746. The van der Waals surface area contributed by atoms with Gasteiger partial charge in [-0.2, -0.15) is 5.26 Å². The van der Waals surface area contributed by atoms with Crippen LogP contribution in [-0.2, 0) is 0 Å². The average molecular weight is 345 g/mol. The first-order valence-corrected chi connectivity index (χ1v) is 6.92. The van der Waals surface area contributed by atoms with Crippen molar-refractivity contribution in [1.29, 1.82) is 5.26 Å². The summed E-state index contributed by atoms with van der Waals surface area (Å²) >= 11 is 3.40. The molecular formula is C15H13BrN4O. The van der Waals surface area contributed by atoms with Crippen molar-refractivity contribution in [2.45, 2.75) is 0 Å². The first kappa shape index (κ1) is 14.9. The van der Waals surface area contributed by atoms with Gasteiger partial charge < -0.3 is 16.4 Å². The van der Waals surface area contributed by atoms with Crippen LogP contribution in [-0.4, -0.2) is 13.0 Å². The molecule has 2 aromatic carbocycles. The Kier molecular flexibility index (Phi) is 4.45. The third kappa shape index (κ3) is 3.33. The van der Waals surface area contributed by atoms with Crippen LogP contribution in [0.5, 0.6) is 0 Å². The fourth-order valence-electron chi connectivity index (χ4n) is 1.78. The number of carbonyl (C=O) groups is 1. The summed E-state index contributed by atoms with van der Waals surface area (Å²) in [4.78, 5) is 11.7. The minimum Gasteiger partial charge on any atom is -0.397 e. The van der Waals surface area contributed by atoms with Gasteiger partial charge in [0.25, 0.3) is 5.91 Å². The van der Waals surface area contributed by atoms with E-state index in [0.29, 0.717) is 22.5 Å². The minimum atomic E-state index is -0.183. The van der Waals surface area contributed by atoms with Crippen molar-refractivity contribution in [3.8, 4) is 6.07 Å². The van der Waals surface area contributed by atoms with E-state index in [9.17, 15) is 4.79 Å². The Morgan fingerprint density at radius 3 is 2.62 bits per heavy atom. The lowest BCUT2D eigenvalue weighted by molar-refractivity contribution is 0.0963. The molecule has 5 nitrogen and oxygen atoms in total. The standard InChI is InChI=1S/C15H13BrN4O/c1-19-15(21)10-3-4-12(18)14(7-10)20-13-5-2-9(8-17)6-11(13)16/h2-7,20H,18H2,1H3,(H,19,21). The largest absolute Gasteiger partial charge is 0.397 e. The van der Waals surface area contributed by atoms with Crippen LogP contribution in [0.1, 0.15) is 15.9 Å². The second-order valence-electron chi connectivity index (χ2n) is 4.31. The Morgan fingerprint density at radius 2 is 2.00 bits per heavy atom. The predicted octanol–water partition coefficient (Wildman–Crippen LogP) is 3.01. The summed E-state index contributed by atoms with van der Waals surface area (Å²) in [6, 6.07) is 12.3. The number of nitrogens with two attached hydrogens (primary N) is 1. The molecule has 0 aliphatic rings. The van der Waals surface area contributed by atoms with E-state index in [-0.39, 0.29) is 5.91 Å². The Balaban J connectivity index is 2.35. The van der Waals surface area contributed by atoms with E-state index < -0.39 is 0 Å². The van der Waals surface area contributed by atoms with Gasteiger partial charge in [-0.3, -0.25) is 4.79 Å². The molecule has 0 fully saturated rings. The highest BCUT2D eigenvalue weighted by Crippen LogP contribution is 2.30. The number of amides is 1. The molecule has 0 saturated carbocycles. The monoisotopic (exact) mass is 344 g/mol. The van der Waals surface area contributed by atoms with Gasteiger partial charge in [-0.25, -0.2) is 0 Å². The summed E-state index contributed by atoms with van der Waals surface area (Å²) in [5.74, 6) is -0.183. The number of anilines is 3. The van der Waals surface area contributed by atoms with Gasteiger partial charge in [0.15, 0.2) is 0 Å². The molecule has 0 aliphatic carbocycles. The molecule has 0 atom stereocenters. The molecule has 0 heterocycles. The summed E-state index contributed by atoms with van der Waals surface area (Å²) in [7, 11) is 1.57. The van der Waals surface area contributed by atoms with Gasteiger partial charge >= 0.3 is 0 Å². The van der Waals surface area contributed by atoms with E-state index in [1.54, 1.807) is 43.4 Å². The highest BCUT2D eigenvalue weighted by molar-refractivity contribution is 9.10. The molecule has 4 N–H and O–H groups in total. The van der Waals surface area contributed by atoms with Crippen molar-refractivity contribution in [2.75, 3.05) is 18.1 Å². The van der Waals surface area contributed by atoms with Crippen LogP contribution in [0.15, 0.2) is 40.9 Å². The van der Waals surface area contributed by atoms with Gasteiger partial charge in [-0.05, 0) is 52.3 Å². The Morgan fingerprint density at radius 1 is 1.24 bits per heavy atom. The molecule has 0 aliphatic heterocycles. The topological polar surface area (TPSA) is 90.9 Å². The molecule has 106 valence electrons. The third-order valence-electron chi connectivity index (χ3n) is 2.91. The normalized spacial score (nSPS) is 9.76. The first-order chi connectivity index (χ1) is 10.0. The van der Waals surface area contributed by atoms with E-state index in [4.69, 9.17) is 11.0 Å². The molecular weight excluding hydrogens is 332 g/mol. The van der Waals surface area contributed by atoms with E-state index in [0.717, 1.165) is 10.2 Å². The summed E-state index contributed by atoms with van der Waals surface area (Å²) in [5.41, 5.74) is 8.90. The zero-order chi connectivity index (χ0) is 15.4. The lowest BCUT2D eigenvalue weighted by Crippen LogP contribution is -2.18. The molecule has 2 rings (SSSR count). The van der Waals surface area contributed by atoms with Crippen molar-refractivity contribution in [3.05, 3.63) is 52.0 Å². The van der Waals surface area contributed by atoms with Crippen LogP contribution in [0.4, 0.5) is 17.1 Å². The predicted molar refractivity (Wildman–Crippen MR) is 86.4 cm³/mol. The van der Waals surface area contributed by atoms with Gasteiger partial charge in [0.2, 0.25) is 0 Å². The maximum Gasteiger partial charge on any atom is 0.251 e. The van der Waals surface area contributed by atoms with Gasteiger partial charge in [0, 0.05) is 17.1 Å². The summed E-state index contributed by atoms with van der Waals surface area (Å²) < 4.78 is 0.742. The molecule has 0 saturated heterocycles. The fraction of sp³-hybridized carbons (Fsp3) is 0.0667. The van der Waals surface area contributed by atoms with Crippen molar-refractivity contribution in [3.63, 3.8) is 0 Å². The van der Waals surface area contributed by atoms with Crippen molar-refractivity contribution >= 4 is 38.9 Å². The summed E-state index contributed by atoms with van der Waals surface area (Å²) in [5, 5.41) is 14.6. The van der Waals surface area contributed by atoms with Gasteiger partial charge in [-0.1, -0.05) is 0 Å². The maximum atomic E-state index is 11.7. The molecule has 0 aromatic heterocycles. The van der Waals surface area contributed by atoms with Crippen molar-refractivity contribution in [2.24, 2.45) is 0 Å². The number of hydrogen-bond acceptors (Lipinski definition) is 4. The zero-order valence-corrected chi connectivity index (χ0v) is 12.9. The van der Waals surface area contributed by atoms with E-state index >= 15 is 0 Å². The molecule has 1 amide bonds. The van der Waals surface area contributed by atoms with Crippen LogP contribution >= 0.6 is 15.9 Å². The summed E-state index contributed by atoms with van der Waals surface area (Å²) in [6.07, 6.45) is 0. The highest BCUT2D eigenvalue weighted by Gasteiger charge is 2.09.